The van der Waals surface area contributed by atoms with Crippen LogP contribution in [0.25, 0.3) is 0 Å². The van der Waals surface area contributed by atoms with Gasteiger partial charge in [-0.1, -0.05) is 26.2 Å². The van der Waals surface area contributed by atoms with E-state index < -0.39 is 53.5 Å². The lowest BCUT2D eigenvalue weighted by Crippen LogP contribution is -2.58. The predicted molar refractivity (Wildman–Crippen MR) is 101 cm³/mol. The minimum atomic E-state index is -2.24. The van der Waals surface area contributed by atoms with Gasteiger partial charge in [0, 0.05) is 18.1 Å². The number of hydrogen-bond acceptors (Lipinski definition) is 8. The lowest BCUT2D eigenvalue weighted by molar-refractivity contribution is -0.194. The van der Waals surface area contributed by atoms with E-state index in [-0.39, 0.29) is 17.1 Å². The maximum atomic E-state index is 12.7. The number of allylic oxidation sites excluding steroid dienone is 1. The van der Waals surface area contributed by atoms with E-state index >= 15 is 0 Å². The van der Waals surface area contributed by atoms with Crippen LogP contribution in [0.3, 0.4) is 0 Å². The lowest BCUT2D eigenvalue weighted by Gasteiger charge is -2.39. The van der Waals surface area contributed by atoms with Gasteiger partial charge < -0.3 is 19.3 Å². The molecule has 0 saturated carbocycles. The molecular formula is C21H26O8. The summed E-state index contributed by atoms with van der Waals surface area (Å²) in [6, 6.07) is 0. The predicted octanol–water partition coefficient (Wildman–Crippen LogP) is 1.42. The van der Waals surface area contributed by atoms with E-state index in [1.165, 1.54) is 13.0 Å². The van der Waals surface area contributed by atoms with Crippen molar-refractivity contribution >= 4 is 23.7 Å². The summed E-state index contributed by atoms with van der Waals surface area (Å²) in [6.07, 6.45) is -0.676. The average Bonchev–Trinajstić information content (AvgIpc) is 2.88. The molecule has 1 heterocycles. The van der Waals surface area contributed by atoms with Crippen molar-refractivity contribution in [1.82, 2.24) is 0 Å². The summed E-state index contributed by atoms with van der Waals surface area (Å²) in [7, 11) is 0. The smallest absolute Gasteiger partial charge is 0.334 e. The highest BCUT2D eigenvalue weighted by molar-refractivity contribution is 5.98. The first-order valence-corrected chi connectivity index (χ1v) is 9.24. The number of rotatable bonds is 3. The molecular weight excluding hydrogens is 380 g/mol. The molecule has 0 spiro atoms. The van der Waals surface area contributed by atoms with Gasteiger partial charge in [0.05, 0.1) is 5.92 Å². The van der Waals surface area contributed by atoms with Crippen LogP contribution in [0.15, 0.2) is 36.5 Å². The average molecular weight is 406 g/mol. The maximum absolute atomic E-state index is 12.7. The van der Waals surface area contributed by atoms with Crippen LogP contribution < -0.4 is 0 Å². The molecule has 0 aromatic heterocycles. The second-order valence-electron chi connectivity index (χ2n) is 7.76. The molecule has 0 amide bonds. The zero-order chi connectivity index (χ0) is 22.1. The highest BCUT2D eigenvalue weighted by Crippen LogP contribution is 2.40. The Bertz CT molecular complexity index is 791. The second-order valence-corrected chi connectivity index (χ2v) is 7.76. The lowest BCUT2D eigenvalue weighted by atomic mass is 9.77. The van der Waals surface area contributed by atoms with Crippen molar-refractivity contribution in [2.75, 3.05) is 0 Å². The van der Waals surface area contributed by atoms with Crippen molar-refractivity contribution in [3.05, 3.63) is 36.5 Å². The van der Waals surface area contributed by atoms with Crippen LogP contribution in [0.1, 0.15) is 34.1 Å². The van der Waals surface area contributed by atoms with Gasteiger partial charge in [0.1, 0.15) is 6.10 Å². The SMILES string of the molecule is C=C(C)C(=O)OC1C2C(=C)C(=O)OC2CC(C)C=CC(=O)C(C)(O)C1OC(C)=O. The van der Waals surface area contributed by atoms with Gasteiger partial charge in [-0.15, -0.1) is 0 Å². The Morgan fingerprint density at radius 2 is 1.90 bits per heavy atom. The Labute approximate surface area is 169 Å². The topological polar surface area (TPSA) is 116 Å². The second kappa shape index (κ2) is 8.32. The van der Waals surface area contributed by atoms with Crippen LogP contribution >= 0.6 is 0 Å². The highest BCUT2D eigenvalue weighted by atomic mass is 16.6. The fourth-order valence-corrected chi connectivity index (χ4v) is 3.49. The summed E-state index contributed by atoms with van der Waals surface area (Å²) in [6.45, 7) is 12.7. The van der Waals surface area contributed by atoms with E-state index in [1.807, 2.05) is 6.92 Å². The van der Waals surface area contributed by atoms with E-state index in [2.05, 4.69) is 13.2 Å². The van der Waals surface area contributed by atoms with Crippen molar-refractivity contribution in [3.63, 3.8) is 0 Å². The third-order valence-electron chi connectivity index (χ3n) is 5.09. The molecule has 29 heavy (non-hydrogen) atoms. The van der Waals surface area contributed by atoms with Crippen LogP contribution in [-0.4, -0.2) is 52.7 Å². The molecule has 6 atom stereocenters. The van der Waals surface area contributed by atoms with Gasteiger partial charge in [-0.05, 0) is 32.3 Å². The molecule has 8 heteroatoms. The molecule has 0 aromatic carbocycles. The minimum absolute atomic E-state index is 0.00618. The van der Waals surface area contributed by atoms with Gasteiger partial charge in [-0.25, -0.2) is 9.59 Å². The van der Waals surface area contributed by atoms with Crippen molar-refractivity contribution in [2.45, 2.75) is 58.0 Å². The van der Waals surface area contributed by atoms with Gasteiger partial charge in [0.2, 0.25) is 0 Å². The number of esters is 3. The molecule has 1 aliphatic heterocycles. The third kappa shape index (κ3) is 4.64. The number of ether oxygens (including phenoxy) is 3. The Balaban J connectivity index is 2.67. The molecule has 0 radical (unpaired) electrons. The summed E-state index contributed by atoms with van der Waals surface area (Å²) < 4.78 is 16.2. The quantitative estimate of drug-likeness (QED) is 0.425. The van der Waals surface area contributed by atoms with E-state index in [0.29, 0.717) is 6.42 Å². The van der Waals surface area contributed by atoms with E-state index in [0.717, 1.165) is 13.8 Å². The molecule has 0 bridgehead atoms. The van der Waals surface area contributed by atoms with Crippen molar-refractivity contribution < 1.29 is 38.5 Å². The van der Waals surface area contributed by atoms with Crippen molar-refractivity contribution in [3.8, 4) is 0 Å². The zero-order valence-corrected chi connectivity index (χ0v) is 17.0. The molecule has 0 aromatic rings. The highest BCUT2D eigenvalue weighted by Gasteiger charge is 2.55. The van der Waals surface area contributed by atoms with Crippen LogP contribution in [-0.2, 0) is 33.4 Å². The molecule has 158 valence electrons. The van der Waals surface area contributed by atoms with Crippen LogP contribution in [0.5, 0.6) is 0 Å². The molecule has 1 fully saturated rings. The maximum Gasteiger partial charge on any atom is 0.334 e. The van der Waals surface area contributed by atoms with E-state index in [1.54, 1.807) is 6.08 Å². The standard InChI is InChI=1S/C21H26O8/c1-10(2)19(24)29-17-16-12(4)20(25)28-14(16)9-11(3)7-8-15(23)21(6,26)18(17)27-13(5)22/h7-8,11,14,16-18,26H,1,4,9H2,2-3,5-6H3. The summed E-state index contributed by atoms with van der Waals surface area (Å²) in [5.41, 5.74) is -2.18. The number of fused-ring (bicyclic) bond motifs is 1. The molecule has 1 aliphatic carbocycles. The first kappa shape index (κ1) is 22.5. The Kier molecular flexibility index (Phi) is 6.47. The van der Waals surface area contributed by atoms with Crippen LogP contribution in [0.4, 0.5) is 0 Å². The normalized spacial score (nSPS) is 34.8. The van der Waals surface area contributed by atoms with Crippen LogP contribution in [0.2, 0.25) is 0 Å². The molecule has 2 rings (SSSR count). The largest absolute Gasteiger partial charge is 0.458 e. The molecule has 1 saturated heterocycles. The Morgan fingerprint density at radius 3 is 2.45 bits per heavy atom. The summed E-state index contributed by atoms with van der Waals surface area (Å²) in [5, 5.41) is 11.0. The Hall–Kier alpha value is -2.74. The van der Waals surface area contributed by atoms with E-state index in [4.69, 9.17) is 14.2 Å². The van der Waals surface area contributed by atoms with Gasteiger partial charge in [0.15, 0.2) is 23.6 Å². The third-order valence-corrected chi connectivity index (χ3v) is 5.09. The molecule has 1 N–H and O–H groups in total. The number of carbonyl (C=O) groups excluding carboxylic acids is 4. The number of ketones is 1. The fraction of sp³-hybridized carbons (Fsp3) is 0.524. The van der Waals surface area contributed by atoms with Gasteiger partial charge in [-0.3, -0.25) is 9.59 Å². The van der Waals surface area contributed by atoms with Gasteiger partial charge in [-0.2, -0.15) is 0 Å². The minimum Gasteiger partial charge on any atom is -0.458 e. The van der Waals surface area contributed by atoms with E-state index in [9.17, 15) is 24.3 Å². The first-order valence-electron chi connectivity index (χ1n) is 9.24. The first-order chi connectivity index (χ1) is 13.4. The van der Waals surface area contributed by atoms with Gasteiger partial charge >= 0.3 is 17.9 Å². The molecule has 6 unspecified atom stereocenters. The molecule has 8 nitrogen and oxygen atoms in total. The Morgan fingerprint density at radius 1 is 1.28 bits per heavy atom. The van der Waals surface area contributed by atoms with Crippen molar-refractivity contribution in [2.24, 2.45) is 11.8 Å². The van der Waals surface area contributed by atoms with Crippen molar-refractivity contribution in [1.29, 1.82) is 0 Å². The zero-order valence-electron chi connectivity index (χ0n) is 17.0. The van der Waals surface area contributed by atoms with Gasteiger partial charge in [0.25, 0.3) is 0 Å². The summed E-state index contributed by atoms with van der Waals surface area (Å²) in [5.74, 6) is -4.17. The summed E-state index contributed by atoms with van der Waals surface area (Å²) >= 11 is 0. The summed E-state index contributed by atoms with van der Waals surface area (Å²) in [4.78, 5) is 49.0. The number of carbonyl (C=O) groups is 4. The van der Waals surface area contributed by atoms with Crippen LogP contribution in [0, 0.1) is 11.8 Å². The number of aliphatic hydroxyl groups is 1. The molecule has 2 aliphatic rings. The fourth-order valence-electron chi connectivity index (χ4n) is 3.49. The number of hydrogen-bond donors (Lipinski definition) is 1. The monoisotopic (exact) mass is 406 g/mol.